The van der Waals surface area contributed by atoms with E-state index in [0.717, 1.165) is 44.5 Å². The summed E-state index contributed by atoms with van der Waals surface area (Å²) in [4.78, 5) is 33.9. The average molecular weight is 495 g/mol. The number of rotatable bonds is 6. The van der Waals surface area contributed by atoms with Crippen molar-refractivity contribution in [1.82, 2.24) is 35.1 Å². The van der Waals surface area contributed by atoms with Crippen LogP contribution in [-0.4, -0.2) is 41.0 Å². The van der Waals surface area contributed by atoms with E-state index >= 15 is 0 Å². The highest BCUT2D eigenvalue weighted by atomic mass is 32.1. The number of aromatic nitrogens is 7. The van der Waals surface area contributed by atoms with Crippen LogP contribution in [0.3, 0.4) is 0 Å². The Bertz CT molecular complexity index is 1700. The predicted molar refractivity (Wildman–Crippen MR) is 141 cm³/mol. The number of anilines is 1. The molecule has 6 aromatic heterocycles. The Balaban J connectivity index is 1.38. The van der Waals surface area contributed by atoms with Crippen LogP contribution in [0.15, 0.2) is 59.8 Å². The normalized spacial score (nSPS) is 11.5. The standard InChI is InChI=1S/C26H22N8OS/c1-14(2)7-21(35)30-18-8-16(10-27-12-18)17-9-19-23(33-34-25(19)29-11-17)26-31-20-3-5-28-22(24(20)32-26)15-4-6-36-13-15/h3-6,8-14H,7H2,1-2H3,(H,30,35)(H,31,32)(H,29,33,34). The summed E-state index contributed by atoms with van der Waals surface area (Å²) >= 11 is 1.62. The van der Waals surface area contributed by atoms with Crippen LogP contribution >= 0.6 is 11.3 Å². The summed E-state index contributed by atoms with van der Waals surface area (Å²) in [6.45, 7) is 4.03. The van der Waals surface area contributed by atoms with Crippen LogP contribution in [0.5, 0.6) is 0 Å². The summed E-state index contributed by atoms with van der Waals surface area (Å²) < 4.78 is 0. The first-order valence-corrected chi connectivity index (χ1v) is 12.5. The summed E-state index contributed by atoms with van der Waals surface area (Å²) in [5, 5.41) is 15.3. The van der Waals surface area contributed by atoms with Gasteiger partial charge < -0.3 is 10.3 Å². The van der Waals surface area contributed by atoms with E-state index in [2.05, 4.69) is 40.8 Å². The van der Waals surface area contributed by atoms with Gasteiger partial charge in [-0.1, -0.05) is 13.8 Å². The molecule has 0 radical (unpaired) electrons. The minimum absolute atomic E-state index is 0.0316. The number of pyridine rings is 3. The van der Waals surface area contributed by atoms with Gasteiger partial charge in [-0.2, -0.15) is 16.4 Å². The van der Waals surface area contributed by atoms with Crippen LogP contribution in [0.1, 0.15) is 20.3 Å². The van der Waals surface area contributed by atoms with Crippen LogP contribution in [-0.2, 0) is 4.79 Å². The molecule has 9 nitrogen and oxygen atoms in total. The highest BCUT2D eigenvalue weighted by molar-refractivity contribution is 7.08. The first-order chi connectivity index (χ1) is 17.5. The Morgan fingerprint density at radius 1 is 1.08 bits per heavy atom. The number of nitrogens with zero attached hydrogens (tertiary/aromatic N) is 5. The number of carbonyl (C=O) groups is 1. The largest absolute Gasteiger partial charge is 0.337 e. The van der Waals surface area contributed by atoms with E-state index < -0.39 is 0 Å². The third-order valence-corrected chi connectivity index (χ3v) is 6.47. The Labute approximate surface area is 210 Å². The van der Waals surface area contributed by atoms with Crippen molar-refractivity contribution in [3.8, 4) is 33.9 Å². The van der Waals surface area contributed by atoms with Crippen LogP contribution in [0.25, 0.3) is 56.0 Å². The predicted octanol–water partition coefficient (Wildman–Crippen LogP) is 5.67. The molecule has 0 unspecified atom stereocenters. The molecule has 36 heavy (non-hydrogen) atoms. The van der Waals surface area contributed by atoms with Gasteiger partial charge in [0, 0.05) is 47.1 Å². The third-order valence-electron chi connectivity index (χ3n) is 5.79. The van der Waals surface area contributed by atoms with Gasteiger partial charge in [0.1, 0.15) is 11.2 Å². The molecule has 6 aromatic rings. The average Bonchev–Trinajstić information content (AvgIpc) is 3.62. The molecule has 0 aromatic carbocycles. The number of H-pyrrole nitrogens is 2. The quantitative estimate of drug-likeness (QED) is 0.274. The van der Waals surface area contributed by atoms with Crippen molar-refractivity contribution >= 4 is 45.0 Å². The minimum atomic E-state index is -0.0316. The molecule has 0 aliphatic heterocycles. The second kappa shape index (κ2) is 8.97. The number of hydrogen-bond donors (Lipinski definition) is 3. The van der Waals surface area contributed by atoms with Gasteiger partial charge in [0.25, 0.3) is 0 Å². The van der Waals surface area contributed by atoms with Crippen LogP contribution in [0.4, 0.5) is 5.69 Å². The summed E-state index contributed by atoms with van der Waals surface area (Å²) in [5.41, 5.74) is 7.23. The molecule has 0 aliphatic carbocycles. The van der Waals surface area contributed by atoms with Crippen molar-refractivity contribution in [2.45, 2.75) is 20.3 Å². The maximum Gasteiger partial charge on any atom is 0.224 e. The third kappa shape index (κ3) is 4.11. The van der Waals surface area contributed by atoms with Gasteiger partial charge in [0.15, 0.2) is 11.5 Å². The number of hydrogen-bond acceptors (Lipinski definition) is 7. The molecule has 6 rings (SSSR count). The Kier molecular flexibility index (Phi) is 5.49. The lowest BCUT2D eigenvalue weighted by Gasteiger charge is -2.08. The zero-order valence-electron chi connectivity index (χ0n) is 19.6. The van der Waals surface area contributed by atoms with Crippen molar-refractivity contribution < 1.29 is 4.79 Å². The van der Waals surface area contributed by atoms with Gasteiger partial charge in [-0.15, -0.1) is 0 Å². The number of nitrogens with one attached hydrogen (secondary N) is 3. The van der Waals surface area contributed by atoms with E-state index in [4.69, 9.17) is 4.98 Å². The smallest absolute Gasteiger partial charge is 0.224 e. The molecule has 0 saturated heterocycles. The number of thiophene rings is 1. The fourth-order valence-corrected chi connectivity index (χ4v) is 4.79. The van der Waals surface area contributed by atoms with Gasteiger partial charge in [-0.05, 0) is 35.6 Å². The SMILES string of the molecule is CC(C)CC(=O)Nc1cncc(-c2cnc3n[nH]c(-c4nc5c(-c6ccsc6)nccc5[nH]4)c3c2)c1. The molecule has 6 heterocycles. The lowest BCUT2D eigenvalue weighted by atomic mass is 10.1. The topological polar surface area (TPSA) is 125 Å². The number of imidazole rings is 1. The molecule has 0 spiro atoms. The molecule has 0 aliphatic rings. The monoisotopic (exact) mass is 494 g/mol. The fourth-order valence-electron chi connectivity index (χ4n) is 4.15. The molecule has 0 fully saturated rings. The zero-order valence-corrected chi connectivity index (χ0v) is 20.4. The van der Waals surface area contributed by atoms with Crippen molar-refractivity contribution in [3.63, 3.8) is 0 Å². The molecule has 3 N–H and O–H groups in total. The summed E-state index contributed by atoms with van der Waals surface area (Å²) in [7, 11) is 0. The fraction of sp³-hybridized carbons (Fsp3) is 0.154. The molecular weight excluding hydrogens is 472 g/mol. The molecule has 0 atom stereocenters. The molecule has 0 saturated carbocycles. The van der Waals surface area contributed by atoms with Gasteiger partial charge in [-0.25, -0.2) is 9.97 Å². The molecular formula is C26H22N8OS. The van der Waals surface area contributed by atoms with E-state index in [1.54, 1.807) is 36.1 Å². The summed E-state index contributed by atoms with van der Waals surface area (Å²) in [6, 6.07) is 7.85. The van der Waals surface area contributed by atoms with Crippen LogP contribution in [0.2, 0.25) is 0 Å². The van der Waals surface area contributed by atoms with Crippen LogP contribution in [0, 0.1) is 5.92 Å². The van der Waals surface area contributed by atoms with E-state index in [1.165, 1.54) is 0 Å². The summed E-state index contributed by atoms with van der Waals surface area (Å²) in [5.74, 6) is 0.905. The maximum atomic E-state index is 12.2. The lowest BCUT2D eigenvalue weighted by molar-refractivity contribution is -0.116. The first-order valence-electron chi connectivity index (χ1n) is 11.5. The Morgan fingerprint density at radius 3 is 2.81 bits per heavy atom. The molecule has 178 valence electrons. The molecule has 1 amide bonds. The number of carbonyl (C=O) groups excluding carboxylic acids is 1. The summed E-state index contributed by atoms with van der Waals surface area (Å²) in [6.07, 6.45) is 7.38. The second-order valence-electron chi connectivity index (χ2n) is 8.96. The van der Waals surface area contributed by atoms with E-state index in [9.17, 15) is 4.79 Å². The van der Waals surface area contributed by atoms with E-state index in [1.807, 2.05) is 43.5 Å². The lowest BCUT2D eigenvalue weighted by Crippen LogP contribution is -2.13. The molecule has 0 bridgehead atoms. The van der Waals surface area contributed by atoms with Crippen molar-refractivity contribution in [3.05, 3.63) is 59.8 Å². The number of amides is 1. The van der Waals surface area contributed by atoms with Crippen molar-refractivity contribution in [2.75, 3.05) is 5.32 Å². The number of fused-ring (bicyclic) bond motifs is 2. The second-order valence-corrected chi connectivity index (χ2v) is 9.74. The van der Waals surface area contributed by atoms with E-state index in [0.29, 0.717) is 23.6 Å². The Hall–Kier alpha value is -4.44. The van der Waals surface area contributed by atoms with Crippen LogP contribution < -0.4 is 5.32 Å². The highest BCUT2D eigenvalue weighted by Gasteiger charge is 2.17. The Morgan fingerprint density at radius 2 is 1.97 bits per heavy atom. The van der Waals surface area contributed by atoms with E-state index in [-0.39, 0.29) is 11.8 Å². The minimum Gasteiger partial charge on any atom is -0.337 e. The highest BCUT2D eigenvalue weighted by Crippen LogP contribution is 2.32. The van der Waals surface area contributed by atoms with Crippen molar-refractivity contribution in [1.29, 1.82) is 0 Å². The first kappa shape index (κ1) is 22.1. The van der Waals surface area contributed by atoms with Crippen molar-refractivity contribution in [2.24, 2.45) is 5.92 Å². The van der Waals surface area contributed by atoms with Gasteiger partial charge in [-0.3, -0.25) is 19.9 Å². The van der Waals surface area contributed by atoms with Gasteiger partial charge in [0.05, 0.1) is 28.5 Å². The zero-order chi connectivity index (χ0) is 24.6. The number of aromatic amines is 2. The van der Waals surface area contributed by atoms with Gasteiger partial charge >= 0.3 is 0 Å². The van der Waals surface area contributed by atoms with Gasteiger partial charge in [0.2, 0.25) is 5.91 Å². The molecule has 10 heteroatoms. The maximum absolute atomic E-state index is 12.2.